The number of ether oxygens (including phenoxy) is 1. The van der Waals surface area contributed by atoms with E-state index in [1.54, 1.807) is 4.31 Å². The average molecular weight is 292 g/mol. The van der Waals surface area contributed by atoms with Crippen LogP contribution in [-0.2, 0) is 14.8 Å². The molecule has 0 aromatic heterocycles. The van der Waals surface area contributed by atoms with Gasteiger partial charge in [0.1, 0.15) is 0 Å². The summed E-state index contributed by atoms with van der Waals surface area (Å²) in [5, 5.41) is 0. The predicted molar refractivity (Wildman–Crippen MR) is 77.5 cm³/mol. The number of rotatable bonds is 8. The molecule has 0 aliphatic carbocycles. The van der Waals surface area contributed by atoms with Crippen molar-refractivity contribution in [2.45, 2.75) is 45.6 Å². The Morgan fingerprint density at radius 1 is 1.32 bits per heavy atom. The lowest BCUT2D eigenvalue weighted by Gasteiger charge is -2.29. The van der Waals surface area contributed by atoms with Crippen molar-refractivity contribution in [3.05, 3.63) is 0 Å². The SMILES string of the molecule is CCCN(CCC)S(=O)(=O)CC(N)C1CCCOC1. The summed E-state index contributed by atoms with van der Waals surface area (Å²) in [7, 11) is -3.24. The second kappa shape index (κ2) is 8.19. The van der Waals surface area contributed by atoms with Gasteiger partial charge in [0.2, 0.25) is 10.0 Å². The summed E-state index contributed by atoms with van der Waals surface area (Å²) in [6.07, 6.45) is 3.62. The smallest absolute Gasteiger partial charge is 0.215 e. The van der Waals surface area contributed by atoms with Gasteiger partial charge < -0.3 is 10.5 Å². The van der Waals surface area contributed by atoms with E-state index in [4.69, 9.17) is 10.5 Å². The zero-order valence-corrected chi connectivity index (χ0v) is 13.0. The maximum atomic E-state index is 12.4. The van der Waals surface area contributed by atoms with Crippen LogP contribution in [0.1, 0.15) is 39.5 Å². The monoisotopic (exact) mass is 292 g/mol. The summed E-state index contributed by atoms with van der Waals surface area (Å²) in [4.78, 5) is 0. The molecule has 2 unspecified atom stereocenters. The molecule has 19 heavy (non-hydrogen) atoms. The van der Waals surface area contributed by atoms with Crippen LogP contribution in [0.25, 0.3) is 0 Å². The van der Waals surface area contributed by atoms with Crippen LogP contribution < -0.4 is 5.73 Å². The molecule has 1 heterocycles. The van der Waals surface area contributed by atoms with Crippen LogP contribution in [-0.4, -0.2) is 50.8 Å². The van der Waals surface area contributed by atoms with E-state index < -0.39 is 10.0 Å². The molecule has 2 atom stereocenters. The number of hydrogen-bond donors (Lipinski definition) is 1. The molecule has 0 aromatic rings. The van der Waals surface area contributed by atoms with Crippen molar-refractivity contribution in [1.82, 2.24) is 4.31 Å². The summed E-state index contributed by atoms with van der Waals surface area (Å²) >= 11 is 0. The molecule has 0 amide bonds. The highest BCUT2D eigenvalue weighted by atomic mass is 32.2. The van der Waals surface area contributed by atoms with Crippen molar-refractivity contribution in [3.8, 4) is 0 Å². The molecule has 0 radical (unpaired) electrons. The van der Waals surface area contributed by atoms with E-state index >= 15 is 0 Å². The highest BCUT2D eigenvalue weighted by Crippen LogP contribution is 2.18. The maximum Gasteiger partial charge on any atom is 0.215 e. The fourth-order valence-corrected chi connectivity index (χ4v) is 4.37. The molecule has 0 aromatic carbocycles. The van der Waals surface area contributed by atoms with Gasteiger partial charge in [-0.1, -0.05) is 13.8 Å². The lowest BCUT2D eigenvalue weighted by molar-refractivity contribution is 0.0475. The van der Waals surface area contributed by atoms with Crippen molar-refractivity contribution in [2.75, 3.05) is 32.1 Å². The van der Waals surface area contributed by atoms with Gasteiger partial charge in [-0.25, -0.2) is 12.7 Å². The van der Waals surface area contributed by atoms with Gasteiger partial charge in [0.25, 0.3) is 0 Å². The number of hydrogen-bond acceptors (Lipinski definition) is 4. The molecule has 1 fully saturated rings. The molecule has 0 spiro atoms. The standard InChI is InChI=1S/C13H28N2O3S/c1-3-7-15(8-4-2)19(16,17)11-13(14)12-6-5-9-18-10-12/h12-13H,3-11,14H2,1-2H3. The lowest BCUT2D eigenvalue weighted by atomic mass is 9.96. The molecule has 114 valence electrons. The van der Waals surface area contributed by atoms with Crippen LogP contribution in [0.5, 0.6) is 0 Å². The van der Waals surface area contributed by atoms with E-state index in [1.807, 2.05) is 13.8 Å². The molecule has 0 saturated carbocycles. The van der Waals surface area contributed by atoms with E-state index in [0.29, 0.717) is 19.7 Å². The molecule has 1 saturated heterocycles. The van der Waals surface area contributed by atoms with E-state index in [2.05, 4.69) is 0 Å². The highest BCUT2D eigenvalue weighted by molar-refractivity contribution is 7.89. The fourth-order valence-electron chi connectivity index (χ4n) is 2.48. The first kappa shape index (κ1) is 16.9. The summed E-state index contributed by atoms with van der Waals surface area (Å²) in [6.45, 7) is 6.53. The topological polar surface area (TPSA) is 72.6 Å². The third-order valence-corrected chi connectivity index (χ3v) is 5.50. The molecular weight excluding hydrogens is 264 g/mol. The van der Waals surface area contributed by atoms with E-state index in [9.17, 15) is 8.42 Å². The average Bonchev–Trinajstić information content (AvgIpc) is 2.39. The summed E-state index contributed by atoms with van der Waals surface area (Å²) < 4.78 is 31.7. The normalized spacial score (nSPS) is 22.6. The zero-order valence-electron chi connectivity index (χ0n) is 12.2. The molecule has 1 aliphatic rings. The highest BCUT2D eigenvalue weighted by Gasteiger charge is 2.29. The Morgan fingerprint density at radius 2 is 1.95 bits per heavy atom. The second-order valence-corrected chi connectivity index (χ2v) is 7.33. The van der Waals surface area contributed by atoms with E-state index in [1.165, 1.54) is 0 Å². The first-order valence-corrected chi connectivity index (χ1v) is 8.93. The van der Waals surface area contributed by atoms with Gasteiger partial charge in [0, 0.05) is 25.7 Å². The Morgan fingerprint density at radius 3 is 2.42 bits per heavy atom. The Kier molecular flexibility index (Phi) is 7.28. The van der Waals surface area contributed by atoms with Gasteiger partial charge in [-0.15, -0.1) is 0 Å². The maximum absolute atomic E-state index is 12.4. The minimum absolute atomic E-state index is 0.0427. The van der Waals surface area contributed by atoms with E-state index in [0.717, 1.165) is 32.3 Å². The van der Waals surface area contributed by atoms with Gasteiger partial charge in [0.05, 0.1) is 12.4 Å². The van der Waals surface area contributed by atoms with Gasteiger partial charge >= 0.3 is 0 Å². The quantitative estimate of drug-likeness (QED) is 0.729. The molecule has 5 nitrogen and oxygen atoms in total. The second-order valence-electron chi connectivity index (χ2n) is 5.32. The minimum atomic E-state index is -3.24. The largest absolute Gasteiger partial charge is 0.381 e. The van der Waals surface area contributed by atoms with Crippen molar-refractivity contribution < 1.29 is 13.2 Å². The van der Waals surface area contributed by atoms with Gasteiger partial charge in [-0.2, -0.15) is 0 Å². The van der Waals surface area contributed by atoms with Gasteiger partial charge in [0.15, 0.2) is 0 Å². The van der Waals surface area contributed by atoms with Crippen LogP contribution in [0, 0.1) is 5.92 Å². The number of sulfonamides is 1. The van der Waals surface area contributed by atoms with Crippen molar-refractivity contribution in [1.29, 1.82) is 0 Å². The van der Waals surface area contributed by atoms with Crippen LogP contribution in [0.4, 0.5) is 0 Å². The predicted octanol–water partition coefficient (Wildman–Crippen LogP) is 1.19. The van der Waals surface area contributed by atoms with E-state index in [-0.39, 0.29) is 17.7 Å². The van der Waals surface area contributed by atoms with Crippen molar-refractivity contribution >= 4 is 10.0 Å². The van der Waals surface area contributed by atoms with Crippen molar-refractivity contribution in [3.63, 3.8) is 0 Å². The summed E-state index contributed by atoms with van der Waals surface area (Å²) in [6, 6.07) is -0.318. The molecular formula is C13H28N2O3S. The Balaban J connectivity index is 2.59. The zero-order chi connectivity index (χ0) is 14.3. The Labute approximate surface area is 117 Å². The first-order chi connectivity index (χ1) is 9.01. The fraction of sp³-hybridized carbons (Fsp3) is 1.00. The molecule has 1 aliphatic heterocycles. The Bertz CT molecular complexity index is 334. The molecule has 2 N–H and O–H groups in total. The third kappa shape index (κ3) is 5.38. The number of nitrogens with zero attached hydrogens (tertiary/aromatic N) is 1. The van der Waals surface area contributed by atoms with Gasteiger partial charge in [-0.3, -0.25) is 0 Å². The summed E-state index contributed by atoms with van der Waals surface area (Å²) in [5.74, 6) is 0.217. The molecule has 1 rings (SSSR count). The van der Waals surface area contributed by atoms with Crippen molar-refractivity contribution in [2.24, 2.45) is 11.7 Å². The minimum Gasteiger partial charge on any atom is -0.381 e. The third-order valence-electron chi connectivity index (χ3n) is 3.54. The number of nitrogens with two attached hydrogens (primary N) is 1. The lowest BCUT2D eigenvalue weighted by Crippen LogP contribution is -2.45. The molecule has 0 bridgehead atoms. The van der Waals surface area contributed by atoms with Crippen LogP contribution in [0.3, 0.4) is 0 Å². The first-order valence-electron chi connectivity index (χ1n) is 7.32. The van der Waals surface area contributed by atoms with Crippen LogP contribution in [0.2, 0.25) is 0 Å². The molecule has 6 heteroatoms. The van der Waals surface area contributed by atoms with Crippen LogP contribution >= 0.6 is 0 Å². The Hall–Kier alpha value is -0.170. The van der Waals surface area contributed by atoms with Crippen LogP contribution in [0.15, 0.2) is 0 Å². The summed E-state index contributed by atoms with van der Waals surface area (Å²) in [5.41, 5.74) is 6.08. The van der Waals surface area contributed by atoms with Gasteiger partial charge in [-0.05, 0) is 31.6 Å².